The van der Waals surface area contributed by atoms with Crippen molar-refractivity contribution in [2.24, 2.45) is 11.8 Å². The normalized spacial score (nSPS) is 27.2. The van der Waals surface area contributed by atoms with Gasteiger partial charge in [-0.25, -0.2) is 9.59 Å². The van der Waals surface area contributed by atoms with Crippen LogP contribution in [0.1, 0.15) is 25.7 Å². The van der Waals surface area contributed by atoms with Crippen molar-refractivity contribution in [3.63, 3.8) is 0 Å². The Balaban J connectivity index is 1.97. The number of piperidine rings is 1. The number of hydrogen-bond acceptors (Lipinski definition) is 3. The standard InChI is InChI=1S/C12H16F3NO4/c13-12(14,15)8-3-4-16(9(5-8)10(17)18)11(19)20-6-7-1-2-7/h7-9H,1-6H2,(H,17,18). The van der Waals surface area contributed by atoms with Gasteiger partial charge in [-0.3, -0.25) is 4.90 Å². The van der Waals surface area contributed by atoms with Gasteiger partial charge in [0.05, 0.1) is 12.5 Å². The highest BCUT2D eigenvalue weighted by atomic mass is 19.4. The SMILES string of the molecule is O=C(O)C1CC(C(F)(F)F)CCN1C(=O)OCC1CC1. The molecule has 0 spiro atoms. The Morgan fingerprint density at radius 1 is 1.25 bits per heavy atom. The quantitative estimate of drug-likeness (QED) is 0.867. The molecule has 1 saturated carbocycles. The summed E-state index contributed by atoms with van der Waals surface area (Å²) in [7, 11) is 0. The zero-order valence-electron chi connectivity index (χ0n) is 10.7. The average Bonchev–Trinajstić information content (AvgIpc) is 3.18. The number of likely N-dealkylation sites (tertiary alicyclic amines) is 1. The van der Waals surface area contributed by atoms with Crippen LogP contribution in [0.4, 0.5) is 18.0 Å². The summed E-state index contributed by atoms with van der Waals surface area (Å²) in [5.74, 6) is -2.80. The molecule has 1 amide bonds. The van der Waals surface area contributed by atoms with Crippen LogP contribution in [-0.4, -0.2) is 47.4 Å². The van der Waals surface area contributed by atoms with Crippen LogP contribution in [0.5, 0.6) is 0 Å². The van der Waals surface area contributed by atoms with Gasteiger partial charge in [-0.2, -0.15) is 13.2 Å². The van der Waals surface area contributed by atoms with E-state index in [2.05, 4.69) is 0 Å². The van der Waals surface area contributed by atoms with Crippen LogP contribution >= 0.6 is 0 Å². The van der Waals surface area contributed by atoms with E-state index in [1.165, 1.54) is 0 Å². The third kappa shape index (κ3) is 3.55. The maximum atomic E-state index is 12.6. The van der Waals surface area contributed by atoms with E-state index in [1.807, 2.05) is 0 Å². The summed E-state index contributed by atoms with van der Waals surface area (Å²) in [6, 6.07) is -1.47. The second kappa shape index (κ2) is 5.49. The Bertz CT molecular complexity index is 395. The summed E-state index contributed by atoms with van der Waals surface area (Å²) in [5.41, 5.74) is 0. The largest absolute Gasteiger partial charge is 0.480 e. The highest BCUT2D eigenvalue weighted by Gasteiger charge is 2.47. The first-order valence-electron chi connectivity index (χ1n) is 6.52. The van der Waals surface area contributed by atoms with Crippen LogP contribution in [0.3, 0.4) is 0 Å². The number of hydrogen-bond donors (Lipinski definition) is 1. The number of alkyl halides is 3. The zero-order valence-corrected chi connectivity index (χ0v) is 10.7. The van der Waals surface area contributed by atoms with Crippen molar-refractivity contribution in [1.29, 1.82) is 0 Å². The van der Waals surface area contributed by atoms with Gasteiger partial charge in [0.2, 0.25) is 0 Å². The van der Waals surface area contributed by atoms with Crippen molar-refractivity contribution >= 4 is 12.1 Å². The topological polar surface area (TPSA) is 66.8 Å². The number of carbonyl (C=O) groups excluding carboxylic acids is 1. The molecule has 5 nitrogen and oxygen atoms in total. The first-order valence-corrected chi connectivity index (χ1v) is 6.52. The van der Waals surface area contributed by atoms with E-state index >= 15 is 0 Å². The van der Waals surface area contributed by atoms with Crippen molar-refractivity contribution in [1.82, 2.24) is 4.90 Å². The Morgan fingerprint density at radius 2 is 1.90 bits per heavy atom. The minimum atomic E-state index is -4.43. The minimum absolute atomic E-state index is 0.213. The van der Waals surface area contributed by atoms with Crippen LogP contribution in [0, 0.1) is 11.8 Å². The van der Waals surface area contributed by atoms with E-state index in [0.717, 1.165) is 17.7 Å². The molecule has 2 atom stereocenters. The number of rotatable bonds is 3. The monoisotopic (exact) mass is 295 g/mol. The van der Waals surface area contributed by atoms with Crippen molar-refractivity contribution in [2.75, 3.05) is 13.2 Å². The zero-order chi connectivity index (χ0) is 14.9. The van der Waals surface area contributed by atoms with Gasteiger partial charge in [0.1, 0.15) is 6.04 Å². The molecule has 1 N–H and O–H groups in total. The lowest BCUT2D eigenvalue weighted by molar-refractivity contribution is -0.191. The Morgan fingerprint density at radius 3 is 2.40 bits per heavy atom. The summed E-state index contributed by atoms with van der Waals surface area (Å²) < 4.78 is 42.9. The number of aliphatic carboxylic acids is 1. The van der Waals surface area contributed by atoms with E-state index in [4.69, 9.17) is 9.84 Å². The van der Waals surface area contributed by atoms with Gasteiger partial charge in [-0.15, -0.1) is 0 Å². The molecule has 2 fully saturated rings. The average molecular weight is 295 g/mol. The molecular weight excluding hydrogens is 279 g/mol. The van der Waals surface area contributed by atoms with Gasteiger partial charge >= 0.3 is 18.2 Å². The lowest BCUT2D eigenvalue weighted by atomic mass is 9.90. The number of carboxylic acid groups (broad SMARTS) is 1. The Kier molecular flexibility index (Phi) is 4.10. The molecule has 114 valence electrons. The van der Waals surface area contributed by atoms with Crippen LogP contribution in [0.2, 0.25) is 0 Å². The van der Waals surface area contributed by atoms with Crippen LogP contribution < -0.4 is 0 Å². The lowest BCUT2D eigenvalue weighted by Crippen LogP contribution is -2.52. The Hall–Kier alpha value is -1.47. The molecule has 1 saturated heterocycles. The summed E-state index contributed by atoms with van der Waals surface area (Å²) in [6.07, 6.45) is -4.23. The smallest absolute Gasteiger partial charge is 0.410 e. The molecule has 1 aliphatic heterocycles. The number of ether oxygens (including phenoxy) is 1. The molecule has 1 heterocycles. The van der Waals surface area contributed by atoms with Gasteiger partial charge in [0.15, 0.2) is 0 Å². The number of halogens is 3. The minimum Gasteiger partial charge on any atom is -0.480 e. The summed E-state index contributed by atoms with van der Waals surface area (Å²) in [5, 5.41) is 9.01. The van der Waals surface area contributed by atoms with Gasteiger partial charge in [-0.1, -0.05) is 0 Å². The van der Waals surface area contributed by atoms with Crippen molar-refractivity contribution in [3.8, 4) is 0 Å². The molecule has 0 radical (unpaired) electrons. The second-order valence-corrected chi connectivity index (χ2v) is 5.33. The van der Waals surface area contributed by atoms with Crippen molar-refractivity contribution < 1.29 is 32.6 Å². The molecule has 0 aromatic rings. The molecule has 8 heteroatoms. The molecule has 0 bridgehead atoms. The first kappa shape index (κ1) is 14.9. The second-order valence-electron chi connectivity index (χ2n) is 5.33. The van der Waals surface area contributed by atoms with Gasteiger partial charge in [0.25, 0.3) is 0 Å². The number of nitrogens with zero attached hydrogens (tertiary/aromatic N) is 1. The highest BCUT2D eigenvalue weighted by molar-refractivity contribution is 5.80. The van der Waals surface area contributed by atoms with Crippen LogP contribution in [-0.2, 0) is 9.53 Å². The van der Waals surface area contributed by atoms with E-state index in [-0.39, 0.29) is 19.6 Å². The van der Waals surface area contributed by atoms with E-state index in [1.54, 1.807) is 0 Å². The van der Waals surface area contributed by atoms with E-state index < -0.39 is 36.6 Å². The molecule has 1 aliphatic carbocycles. The molecule has 2 unspecified atom stereocenters. The molecule has 0 aromatic heterocycles. The van der Waals surface area contributed by atoms with Crippen molar-refractivity contribution in [2.45, 2.75) is 37.9 Å². The molecule has 2 aliphatic rings. The summed E-state index contributed by atoms with van der Waals surface area (Å²) in [4.78, 5) is 23.7. The first-order chi connectivity index (χ1) is 9.29. The van der Waals surface area contributed by atoms with Gasteiger partial charge in [-0.05, 0) is 31.6 Å². The fourth-order valence-corrected chi connectivity index (χ4v) is 2.27. The lowest BCUT2D eigenvalue weighted by Gasteiger charge is -2.36. The highest BCUT2D eigenvalue weighted by Crippen LogP contribution is 2.37. The molecular formula is C12H16F3NO4. The number of carbonyl (C=O) groups is 2. The van der Waals surface area contributed by atoms with E-state index in [0.29, 0.717) is 5.92 Å². The van der Waals surface area contributed by atoms with Gasteiger partial charge < -0.3 is 9.84 Å². The predicted molar refractivity (Wildman–Crippen MR) is 61.0 cm³/mol. The maximum Gasteiger partial charge on any atom is 0.410 e. The molecule has 20 heavy (non-hydrogen) atoms. The predicted octanol–water partition coefficient (Wildman–Crippen LogP) is 2.26. The number of amides is 1. The molecule has 2 rings (SSSR count). The Labute approximate surface area is 113 Å². The van der Waals surface area contributed by atoms with Crippen LogP contribution in [0.15, 0.2) is 0 Å². The van der Waals surface area contributed by atoms with Crippen LogP contribution in [0.25, 0.3) is 0 Å². The van der Waals surface area contributed by atoms with Gasteiger partial charge in [0, 0.05) is 6.54 Å². The third-order valence-electron chi connectivity index (χ3n) is 3.72. The fourth-order valence-electron chi connectivity index (χ4n) is 2.27. The summed E-state index contributed by atoms with van der Waals surface area (Å²) in [6.45, 7) is -0.0327. The summed E-state index contributed by atoms with van der Waals surface area (Å²) >= 11 is 0. The number of carboxylic acids is 1. The van der Waals surface area contributed by atoms with Crippen molar-refractivity contribution in [3.05, 3.63) is 0 Å². The molecule has 0 aromatic carbocycles. The maximum absolute atomic E-state index is 12.6. The van der Waals surface area contributed by atoms with E-state index in [9.17, 15) is 22.8 Å². The third-order valence-corrected chi connectivity index (χ3v) is 3.72. The fraction of sp³-hybridized carbons (Fsp3) is 0.833.